The van der Waals surface area contributed by atoms with Crippen LogP contribution in [0.3, 0.4) is 0 Å². The molecule has 9 nitrogen and oxygen atoms in total. The first kappa shape index (κ1) is 22.2. The van der Waals surface area contributed by atoms with E-state index in [2.05, 4.69) is 10.6 Å². The van der Waals surface area contributed by atoms with Crippen LogP contribution in [0.25, 0.3) is 0 Å². The largest absolute Gasteiger partial charge is 0.355 e. The van der Waals surface area contributed by atoms with Gasteiger partial charge in [-0.2, -0.15) is 4.31 Å². The Morgan fingerprint density at radius 2 is 2.00 bits per heavy atom. The molecule has 1 aromatic carbocycles. The third-order valence-electron chi connectivity index (χ3n) is 3.03. The maximum absolute atomic E-state index is 12.3. The van der Waals surface area contributed by atoms with Crippen molar-refractivity contribution in [2.75, 3.05) is 33.7 Å². The molecule has 1 aromatic rings. The van der Waals surface area contributed by atoms with Crippen LogP contribution in [0.2, 0.25) is 0 Å². The maximum Gasteiger partial charge on any atom is 0.270 e. The van der Waals surface area contributed by atoms with Crippen LogP contribution >= 0.6 is 12.4 Å². The third-order valence-corrected chi connectivity index (χ3v) is 4.83. The fourth-order valence-corrected chi connectivity index (χ4v) is 2.94. The smallest absolute Gasteiger partial charge is 0.270 e. The Hall–Kier alpha value is -1.75. The maximum atomic E-state index is 12.3. The second-order valence-corrected chi connectivity index (χ2v) is 6.87. The van der Waals surface area contributed by atoms with Crippen LogP contribution in [0.15, 0.2) is 29.2 Å². The van der Waals surface area contributed by atoms with E-state index in [4.69, 9.17) is 0 Å². The average molecular weight is 381 g/mol. The molecular weight excluding hydrogens is 360 g/mol. The van der Waals surface area contributed by atoms with Crippen LogP contribution in [-0.4, -0.2) is 57.3 Å². The number of amides is 1. The summed E-state index contributed by atoms with van der Waals surface area (Å²) in [5, 5.41) is 16.3. The predicted molar refractivity (Wildman–Crippen MR) is 91.7 cm³/mol. The minimum absolute atomic E-state index is 0. The number of nitrogens with zero attached hydrogens (tertiary/aromatic N) is 2. The molecule has 0 aliphatic carbocycles. The van der Waals surface area contributed by atoms with Gasteiger partial charge >= 0.3 is 0 Å². The molecule has 0 radical (unpaired) electrons. The molecule has 0 aliphatic heterocycles. The summed E-state index contributed by atoms with van der Waals surface area (Å²) < 4.78 is 25.5. The summed E-state index contributed by atoms with van der Waals surface area (Å²) in [4.78, 5) is 21.6. The zero-order chi connectivity index (χ0) is 17.5. The SMILES string of the molecule is CNCCCNC(=O)CN(C)S(=O)(=O)c1cccc([N+](=O)[O-])c1.Cl. The number of carbonyl (C=O) groups excluding carboxylic acids is 1. The van der Waals surface area contributed by atoms with Crippen molar-refractivity contribution in [1.82, 2.24) is 14.9 Å². The van der Waals surface area contributed by atoms with Crippen molar-refractivity contribution < 1.29 is 18.1 Å². The van der Waals surface area contributed by atoms with Crippen molar-refractivity contribution >= 4 is 34.0 Å². The summed E-state index contributed by atoms with van der Waals surface area (Å²) >= 11 is 0. The molecule has 24 heavy (non-hydrogen) atoms. The molecule has 0 aromatic heterocycles. The number of non-ortho nitro benzene ring substituents is 1. The van der Waals surface area contributed by atoms with E-state index in [9.17, 15) is 23.3 Å². The highest BCUT2D eigenvalue weighted by Gasteiger charge is 2.24. The Bertz CT molecular complexity index is 668. The number of hydrogen-bond donors (Lipinski definition) is 2. The highest BCUT2D eigenvalue weighted by Crippen LogP contribution is 2.19. The van der Waals surface area contributed by atoms with E-state index in [0.29, 0.717) is 6.54 Å². The number of nitro benzene ring substituents is 1. The average Bonchev–Trinajstić information content (AvgIpc) is 2.51. The van der Waals surface area contributed by atoms with Crippen LogP contribution in [0.1, 0.15) is 6.42 Å². The zero-order valence-electron chi connectivity index (χ0n) is 13.4. The van der Waals surface area contributed by atoms with E-state index in [1.54, 1.807) is 7.05 Å². The second-order valence-electron chi connectivity index (χ2n) is 4.82. The molecule has 2 N–H and O–H groups in total. The van der Waals surface area contributed by atoms with E-state index in [-0.39, 0.29) is 29.5 Å². The lowest BCUT2D eigenvalue weighted by Gasteiger charge is -2.16. The third kappa shape index (κ3) is 6.40. The molecule has 0 saturated carbocycles. The minimum atomic E-state index is -3.97. The van der Waals surface area contributed by atoms with Gasteiger partial charge in [-0.1, -0.05) is 6.07 Å². The summed E-state index contributed by atoms with van der Waals surface area (Å²) in [7, 11) is -0.925. The number of sulfonamides is 1. The molecule has 0 aliphatic rings. The van der Waals surface area contributed by atoms with Crippen LogP contribution < -0.4 is 10.6 Å². The van der Waals surface area contributed by atoms with Gasteiger partial charge in [0.2, 0.25) is 15.9 Å². The highest BCUT2D eigenvalue weighted by atomic mass is 35.5. The second kappa shape index (κ2) is 10.2. The molecule has 0 saturated heterocycles. The first-order chi connectivity index (χ1) is 10.8. The van der Waals surface area contributed by atoms with Crippen LogP contribution in [0.5, 0.6) is 0 Å². The van der Waals surface area contributed by atoms with Gasteiger partial charge in [0.15, 0.2) is 0 Å². The number of nitrogens with one attached hydrogen (secondary N) is 2. The first-order valence-electron chi connectivity index (χ1n) is 6.91. The van der Waals surface area contributed by atoms with Crippen molar-refractivity contribution in [3.05, 3.63) is 34.4 Å². The van der Waals surface area contributed by atoms with E-state index < -0.39 is 20.9 Å². The Morgan fingerprint density at radius 3 is 2.58 bits per heavy atom. The molecule has 0 atom stereocenters. The van der Waals surface area contributed by atoms with Gasteiger partial charge in [-0.3, -0.25) is 14.9 Å². The summed E-state index contributed by atoms with van der Waals surface area (Å²) in [5.74, 6) is -0.433. The molecule has 0 spiro atoms. The van der Waals surface area contributed by atoms with Gasteiger partial charge in [-0.25, -0.2) is 8.42 Å². The number of hydrogen-bond acceptors (Lipinski definition) is 6. The Labute approximate surface area is 147 Å². The van der Waals surface area contributed by atoms with E-state index in [1.807, 2.05) is 0 Å². The summed E-state index contributed by atoms with van der Waals surface area (Å²) in [6, 6.07) is 4.71. The standard InChI is InChI=1S/C13H20N4O5S.ClH/c1-14-7-4-8-15-13(18)10-16(2)23(21,22)12-6-3-5-11(9-12)17(19)20;/h3,5-6,9,14H,4,7-8,10H2,1-2H3,(H,15,18);1H. The lowest BCUT2D eigenvalue weighted by Crippen LogP contribution is -2.39. The van der Waals surface area contributed by atoms with Gasteiger partial charge in [0.1, 0.15) is 0 Å². The van der Waals surface area contributed by atoms with Gasteiger partial charge in [0, 0.05) is 25.7 Å². The molecule has 0 bridgehead atoms. The number of rotatable bonds is 9. The molecule has 136 valence electrons. The zero-order valence-corrected chi connectivity index (χ0v) is 15.0. The van der Waals surface area contributed by atoms with E-state index in [1.165, 1.54) is 25.2 Å². The Balaban J connectivity index is 0.00000529. The minimum Gasteiger partial charge on any atom is -0.355 e. The highest BCUT2D eigenvalue weighted by molar-refractivity contribution is 7.89. The van der Waals surface area contributed by atoms with Crippen molar-refractivity contribution in [2.24, 2.45) is 0 Å². The topological polar surface area (TPSA) is 122 Å². The van der Waals surface area contributed by atoms with Crippen molar-refractivity contribution in [1.29, 1.82) is 0 Å². The summed E-state index contributed by atoms with van der Waals surface area (Å²) in [6.45, 7) is 0.817. The van der Waals surface area contributed by atoms with Crippen LogP contribution in [0.4, 0.5) is 5.69 Å². The number of nitro groups is 1. The fourth-order valence-electron chi connectivity index (χ4n) is 1.77. The number of benzene rings is 1. The quantitative estimate of drug-likeness (QED) is 0.362. The Morgan fingerprint density at radius 1 is 1.33 bits per heavy atom. The number of carbonyl (C=O) groups is 1. The lowest BCUT2D eigenvalue weighted by molar-refractivity contribution is -0.385. The number of halogens is 1. The number of likely N-dealkylation sites (N-methyl/N-ethyl adjacent to an activating group) is 1. The summed E-state index contributed by atoms with van der Waals surface area (Å²) in [5.41, 5.74) is -0.323. The monoisotopic (exact) mass is 380 g/mol. The van der Waals surface area contributed by atoms with Crippen molar-refractivity contribution in [3.63, 3.8) is 0 Å². The molecule has 0 fully saturated rings. The van der Waals surface area contributed by atoms with Crippen molar-refractivity contribution in [2.45, 2.75) is 11.3 Å². The molecular formula is C13H21ClN4O5S. The molecule has 1 rings (SSSR count). The van der Waals surface area contributed by atoms with Crippen molar-refractivity contribution in [3.8, 4) is 0 Å². The van der Waals surface area contributed by atoms with Crippen LogP contribution in [0, 0.1) is 10.1 Å². The molecule has 0 heterocycles. The van der Waals surface area contributed by atoms with Crippen LogP contribution in [-0.2, 0) is 14.8 Å². The Kier molecular flexibility index (Phi) is 9.44. The fraction of sp³-hybridized carbons (Fsp3) is 0.462. The predicted octanol–water partition coefficient (Wildman–Crippen LogP) is 0.363. The van der Waals surface area contributed by atoms with Gasteiger partial charge in [-0.05, 0) is 26.1 Å². The molecule has 1 amide bonds. The van der Waals surface area contributed by atoms with E-state index >= 15 is 0 Å². The van der Waals surface area contributed by atoms with Gasteiger partial charge < -0.3 is 10.6 Å². The van der Waals surface area contributed by atoms with Gasteiger partial charge in [0.25, 0.3) is 5.69 Å². The molecule has 0 unspecified atom stereocenters. The molecule has 11 heteroatoms. The van der Waals surface area contributed by atoms with Gasteiger partial charge in [0.05, 0.1) is 16.4 Å². The normalized spacial score (nSPS) is 11.0. The van der Waals surface area contributed by atoms with Gasteiger partial charge in [-0.15, -0.1) is 12.4 Å². The summed E-state index contributed by atoms with van der Waals surface area (Å²) in [6.07, 6.45) is 0.726. The first-order valence-corrected chi connectivity index (χ1v) is 8.35. The lowest BCUT2D eigenvalue weighted by atomic mass is 10.3. The van der Waals surface area contributed by atoms with E-state index in [0.717, 1.165) is 23.3 Å².